The summed E-state index contributed by atoms with van der Waals surface area (Å²) in [5.74, 6) is 5.35. The second kappa shape index (κ2) is 4.16. The molecule has 74 valence electrons. The van der Waals surface area contributed by atoms with E-state index in [-0.39, 0.29) is 11.7 Å². The minimum atomic E-state index is -0.453. The number of hydrogen-bond donors (Lipinski definition) is 0. The molecule has 0 amide bonds. The van der Waals surface area contributed by atoms with Crippen molar-refractivity contribution < 1.29 is 0 Å². The van der Waals surface area contributed by atoms with Crippen molar-refractivity contribution in [3.63, 3.8) is 0 Å². The van der Waals surface area contributed by atoms with E-state index >= 15 is 0 Å². The molecule has 0 aromatic carbocycles. The van der Waals surface area contributed by atoms with Crippen molar-refractivity contribution in [2.24, 2.45) is 7.05 Å². The van der Waals surface area contributed by atoms with Crippen LogP contribution in [0.4, 0.5) is 0 Å². The summed E-state index contributed by atoms with van der Waals surface area (Å²) in [6.07, 6.45) is 0. The molecule has 14 heavy (non-hydrogen) atoms. The summed E-state index contributed by atoms with van der Waals surface area (Å²) < 4.78 is 2.22. The van der Waals surface area contributed by atoms with Crippen molar-refractivity contribution in [3.8, 4) is 11.8 Å². The standard InChI is InChI=1S/C9H9ClN2O2/c1-3-4-5-12-7(10)6-8(13)11(2)9(12)14/h6H,5H2,1-2H3. The fourth-order valence-corrected chi connectivity index (χ4v) is 1.17. The minimum absolute atomic E-state index is 0.112. The van der Waals surface area contributed by atoms with Crippen LogP contribution in [0.1, 0.15) is 6.92 Å². The average molecular weight is 213 g/mol. The van der Waals surface area contributed by atoms with Gasteiger partial charge >= 0.3 is 5.69 Å². The zero-order valence-electron chi connectivity index (χ0n) is 7.87. The molecule has 0 fully saturated rings. The topological polar surface area (TPSA) is 44.0 Å². The molecular weight excluding hydrogens is 204 g/mol. The van der Waals surface area contributed by atoms with Crippen molar-refractivity contribution in [1.29, 1.82) is 0 Å². The first-order chi connectivity index (χ1) is 6.57. The van der Waals surface area contributed by atoms with E-state index in [0.29, 0.717) is 0 Å². The Kier molecular flexibility index (Phi) is 3.15. The van der Waals surface area contributed by atoms with E-state index < -0.39 is 11.2 Å². The van der Waals surface area contributed by atoms with Gasteiger partial charge in [0, 0.05) is 13.1 Å². The highest BCUT2D eigenvalue weighted by molar-refractivity contribution is 6.29. The third kappa shape index (κ3) is 1.88. The van der Waals surface area contributed by atoms with E-state index in [0.717, 1.165) is 4.57 Å². The van der Waals surface area contributed by atoms with Gasteiger partial charge in [0.05, 0.1) is 6.54 Å². The van der Waals surface area contributed by atoms with Gasteiger partial charge in [-0.25, -0.2) is 4.79 Å². The lowest BCUT2D eigenvalue weighted by molar-refractivity contribution is 0.661. The molecule has 0 aliphatic carbocycles. The highest BCUT2D eigenvalue weighted by Crippen LogP contribution is 2.00. The molecule has 5 heteroatoms. The van der Waals surface area contributed by atoms with Crippen LogP contribution in [-0.2, 0) is 13.6 Å². The van der Waals surface area contributed by atoms with Gasteiger partial charge in [0.25, 0.3) is 5.56 Å². The van der Waals surface area contributed by atoms with Gasteiger partial charge in [0.15, 0.2) is 0 Å². The Morgan fingerprint density at radius 1 is 1.50 bits per heavy atom. The second-order valence-electron chi connectivity index (χ2n) is 2.66. The molecule has 0 atom stereocenters. The van der Waals surface area contributed by atoms with Crippen LogP contribution in [-0.4, -0.2) is 9.13 Å². The van der Waals surface area contributed by atoms with Crippen LogP contribution in [0.5, 0.6) is 0 Å². The SMILES string of the molecule is CC#CCn1c(Cl)cc(=O)n(C)c1=O. The molecule has 0 spiro atoms. The number of rotatable bonds is 1. The Bertz CT molecular complexity index is 516. The van der Waals surface area contributed by atoms with Gasteiger partial charge in [-0.1, -0.05) is 17.5 Å². The van der Waals surface area contributed by atoms with Gasteiger partial charge in [-0.15, -0.1) is 5.92 Å². The van der Waals surface area contributed by atoms with Crippen LogP contribution >= 0.6 is 11.6 Å². The smallest absolute Gasteiger partial charge is 0.272 e. The van der Waals surface area contributed by atoms with Gasteiger partial charge in [-0.2, -0.15) is 0 Å². The molecule has 1 aromatic heterocycles. The van der Waals surface area contributed by atoms with Crippen LogP contribution < -0.4 is 11.2 Å². The highest BCUT2D eigenvalue weighted by atomic mass is 35.5. The molecule has 0 saturated carbocycles. The fourth-order valence-electron chi connectivity index (χ4n) is 0.945. The Morgan fingerprint density at radius 2 is 2.14 bits per heavy atom. The first kappa shape index (κ1) is 10.6. The summed E-state index contributed by atoms with van der Waals surface area (Å²) in [6, 6.07) is 1.19. The first-order valence-corrected chi connectivity index (χ1v) is 4.31. The lowest BCUT2D eigenvalue weighted by Crippen LogP contribution is -2.37. The average Bonchev–Trinajstić information content (AvgIpc) is 2.14. The molecule has 0 radical (unpaired) electrons. The third-order valence-electron chi connectivity index (χ3n) is 1.76. The van der Waals surface area contributed by atoms with E-state index in [1.165, 1.54) is 17.7 Å². The zero-order chi connectivity index (χ0) is 10.7. The number of nitrogens with zero attached hydrogens (tertiary/aromatic N) is 2. The minimum Gasteiger partial charge on any atom is -0.272 e. The van der Waals surface area contributed by atoms with Crippen LogP contribution in [0.15, 0.2) is 15.7 Å². The summed E-state index contributed by atoms with van der Waals surface area (Å²) >= 11 is 5.72. The molecule has 1 rings (SSSR count). The zero-order valence-corrected chi connectivity index (χ0v) is 8.63. The van der Waals surface area contributed by atoms with E-state index in [1.807, 2.05) is 0 Å². The number of hydrogen-bond acceptors (Lipinski definition) is 2. The maximum Gasteiger partial charge on any atom is 0.332 e. The largest absolute Gasteiger partial charge is 0.332 e. The molecule has 0 saturated heterocycles. The monoisotopic (exact) mass is 212 g/mol. The first-order valence-electron chi connectivity index (χ1n) is 3.94. The molecule has 1 heterocycles. The maximum absolute atomic E-state index is 11.5. The molecule has 1 aromatic rings. The summed E-state index contributed by atoms with van der Waals surface area (Å²) in [5, 5.41) is 0.112. The van der Waals surface area contributed by atoms with Gasteiger partial charge in [0.2, 0.25) is 0 Å². The quantitative estimate of drug-likeness (QED) is 0.494. The molecule has 4 nitrogen and oxygen atoms in total. The van der Waals surface area contributed by atoms with Gasteiger partial charge in [-0.3, -0.25) is 13.9 Å². The van der Waals surface area contributed by atoms with Gasteiger partial charge in [-0.05, 0) is 6.92 Å². The number of halogens is 1. The van der Waals surface area contributed by atoms with Crippen molar-refractivity contribution in [1.82, 2.24) is 9.13 Å². The molecular formula is C9H9ClN2O2. The predicted octanol–water partition coefficient (Wildman–Crippen LogP) is 0.224. The van der Waals surface area contributed by atoms with Crippen molar-refractivity contribution in [2.45, 2.75) is 13.5 Å². The Labute approximate surface area is 85.7 Å². The van der Waals surface area contributed by atoms with E-state index in [1.54, 1.807) is 6.92 Å². The van der Waals surface area contributed by atoms with Crippen molar-refractivity contribution >= 4 is 11.6 Å². The molecule has 0 bridgehead atoms. The fraction of sp³-hybridized carbons (Fsp3) is 0.333. The highest BCUT2D eigenvalue weighted by Gasteiger charge is 2.05. The van der Waals surface area contributed by atoms with E-state index in [2.05, 4.69) is 11.8 Å². The van der Waals surface area contributed by atoms with Crippen LogP contribution in [0.2, 0.25) is 5.15 Å². The third-order valence-corrected chi connectivity index (χ3v) is 2.08. The summed E-state index contributed by atoms with van der Waals surface area (Å²) in [5.41, 5.74) is -0.869. The Balaban J connectivity index is 3.42. The molecule has 0 aliphatic heterocycles. The lowest BCUT2D eigenvalue weighted by Gasteiger charge is -2.05. The van der Waals surface area contributed by atoms with Crippen molar-refractivity contribution in [3.05, 3.63) is 32.1 Å². The van der Waals surface area contributed by atoms with Crippen LogP contribution in [0.25, 0.3) is 0 Å². The summed E-state index contributed by atoms with van der Waals surface area (Å²) in [6.45, 7) is 1.86. The Hall–Kier alpha value is -1.47. The summed E-state index contributed by atoms with van der Waals surface area (Å²) in [4.78, 5) is 22.6. The molecule has 0 unspecified atom stereocenters. The summed E-state index contributed by atoms with van der Waals surface area (Å²) in [7, 11) is 1.40. The second-order valence-corrected chi connectivity index (χ2v) is 3.05. The van der Waals surface area contributed by atoms with Crippen molar-refractivity contribution in [2.75, 3.05) is 0 Å². The lowest BCUT2D eigenvalue weighted by atomic mass is 10.5. The predicted molar refractivity (Wildman–Crippen MR) is 54.4 cm³/mol. The molecule has 0 aliphatic rings. The number of aromatic nitrogens is 2. The maximum atomic E-state index is 11.5. The normalized spacial score (nSPS) is 9.36. The van der Waals surface area contributed by atoms with Crippen LogP contribution in [0, 0.1) is 11.8 Å². The van der Waals surface area contributed by atoms with Gasteiger partial charge < -0.3 is 0 Å². The van der Waals surface area contributed by atoms with Crippen LogP contribution in [0.3, 0.4) is 0 Å². The van der Waals surface area contributed by atoms with E-state index in [4.69, 9.17) is 11.6 Å². The van der Waals surface area contributed by atoms with E-state index in [9.17, 15) is 9.59 Å². The van der Waals surface area contributed by atoms with Gasteiger partial charge in [0.1, 0.15) is 5.15 Å². The molecule has 0 N–H and O–H groups in total. The Morgan fingerprint density at radius 3 is 2.71 bits per heavy atom.